The molecule has 6 nitrogen and oxygen atoms in total. The zero-order valence-corrected chi connectivity index (χ0v) is 15.7. The van der Waals surface area contributed by atoms with E-state index < -0.39 is 0 Å². The van der Waals surface area contributed by atoms with Gasteiger partial charge in [0.05, 0.1) is 6.61 Å². The Balaban J connectivity index is 1.90. The van der Waals surface area contributed by atoms with Crippen LogP contribution in [-0.2, 0) is 4.74 Å². The van der Waals surface area contributed by atoms with E-state index in [0.717, 1.165) is 38.5 Å². The summed E-state index contributed by atoms with van der Waals surface area (Å²) in [6.45, 7) is 7.65. The average Bonchev–Trinajstić information content (AvgIpc) is 3.07. The van der Waals surface area contributed by atoms with Gasteiger partial charge in [0.1, 0.15) is 0 Å². The first-order chi connectivity index (χ1) is 12.1. The fourth-order valence-corrected chi connectivity index (χ4v) is 3.34. The zero-order valence-electron chi connectivity index (χ0n) is 15.7. The molecule has 1 aromatic heterocycles. The van der Waals surface area contributed by atoms with Crippen LogP contribution >= 0.6 is 0 Å². The average molecular weight is 348 g/mol. The molecule has 1 saturated heterocycles. The summed E-state index contributed by atoms with van der Waals surface area (Å²) < 4.78 is 5.55. The lowest BCUT2D eigenvalue weighted by Gasteiger charge is -2.28. The first kappa shape index (κ1) is 19.7. The van der Waals surface area contributed by atoms with Gasteiger partial charge in [0.25, 0.3) is 0 Å². The van der Waals surface area contributed by atoms with Crippen LogP contribution in [0.4, 0.5) is 0 Å². The number of hydrogen-bond acceptors (Lipinski definition) is 4. The first-order valence-electron chi connectivity index (χ1n) is 9.13. The van der Waals surface area contributed by atoms with E-state index in [1.165, 1.54) is 5.56 Å². The SMILES string of the molecule is CN=C(NCC(c1cccnc1)C(C)C)NCC1(CCO)CCOC1. The van der Waals surface area contributed by atoms with Crippen molar-refractivity contribution in [1.29, 1.82) is 0 Å². The second kappa shape index (κ2) is 9.73. The largest absolute Gasteiger partial charge is 0.396 e. The summed E-state index contributed by atoms with van der Waals surface area (Å²) in [7, 11) is 1.79. The lowest BCUT2D eigenvalue weighted by molar-refractivity contribution is 0.127. The van der Waals surface area contributed by atoms with Crippen molar-refractivity contribution >= 4 is 5.96 Å². The Hall–Kier alpha value is -1.66. The summed E-state index contributed by atoms with van der Waals surface area (Å²) >= 11 is 0. The van der Waals surface area contributed by atoms with Gasteiger partial charge in [-0.25, -0.2) is 0 Å². The Bertz CT molecular complexity index is 527. The maximum absolute atomic E-state index is 9.34. The smallest absolute Gasteiger partial charge is 0.191 e. The van der Waals surface area contributed by atoms with Crippen molar-refractivity contribution in [1.82, 2.24) is 15.6 Å². The first-order valence-corrected chi connectivity index (χ1v) is 9.13. The van der Waals surface area contributed by atoms with Crippen molar-refractivity contribution in [3.8, 4) is 0 Å². The van der Waals surface area contributed by atoms with Crippen molar-refractivity contribution in [3.63, 3.8) is 0 Å². The molecule has 2 rings (SSSR count). The third-order valence-electron chi connectivity index (χ3n) is 5.09. The fraction of sp³-hybridized carbons (Fsp3) is 0.684. The molecule has 2 atom stereocenters. The van der Waals surface area contributed by atoms with Gasteiger partial charge in [-0.2, -0.15) is 0 Å². The second-order valence-corrected chi connectivity index (χ2v) is 7.22. The summed E-state index contributed by atoms with van der Waals surface area (Å²) in [5.41, 5.74) is 1.24. The highest BCUT2D eigenvalue weighted by molar-refractivity contribution is 5.79. The van der Waals surface area contributed by atoms with Crippen LogP contribution in [0.15, 0.2) is 29.5 Å². The van der Waals surface area contributed by atoms with E-state index in [-0.39, 0.29) is 12.0 Å². The molecule has 0 bridgehead atoms. The molecule has 1 aliphatic rings. The van der Waals surface area contributed by atoms with E-state index >= 15 is 0 Å². The summed E-state index contributed by atoms with van der Waals surface area (Å²) in [6, 6.07) is 4.11. The number of hydrogen-bond donors (Lipinski definition) is 3. The molecule has 0 radical (unpaired) electrons. The van der Waals surface area contributed by atoms with Crippen molar-refractivity contribution in [2.45, 2.75) is 32.6 Å². The van der Waals surface area contributed by atoms with E-state index in [2.05, 4.69) is 40.5 Å². The minimum absolute atomic E-state index is 0.00711. The monoisotopic (exact) mass is 348 g/mol. The van der Waals surface area contributed by atoms with Crippen LogP contribution < -0.4 is 10.6 Å². The second-order valence-electron chi connectivity index (χ2n) is 7.22. The number of aliphatic hydroxyl groups is 1. The molecule has 0 saturated carbocycles. The lowest BCUT2D eigenvalue weighted by Crippen LogP contribution is -2.45. The van der Waals surface area contributed by atoms with Gasteiger partial charge in [-0.05, 0) is 30.4 Å². The molecule has 0 amide bonds. The number of ether oxygens (including phenoxy) is 1. The highest BCUT2D eigenvalue weighted by atomic mass is 16.5. The van der Waals surface area contributed by atoms with Gasteiger partial charge in [0.2, 0.25) is 0 Å². The van der Waals surface area contributed by atoms with Crippen LogP contribution in [0.3, 0.4) is 0 Å². The predicted octanol–water partition coefficient (Wildman–Crippen LogP) is 1.78. The van der Waals surface area contributed by atoms with Crippen LogP contribution in [0.2, 0.25) is 0 Å². The van der Waals surface area contributed by atoms with Crippen molar-refractivity contribution in [2.75, 3.05) is 40.0 Å². The molecule has 140 valence electrons. The van der Waals surface area contributed by atoms with Gasteiger partial charge < -0.3 is 20.5 Å². The standard InChI is InChI=1S/C19H32N4O2/c1-15(2)17(16-5-4-8-21-11-16)12-22-18(20-3)23-13-19(6-9-24)7-10-25-14-19/h4-5,8,11,15,17,24H,6-7,9-10,12-14H2,1-3H3,(H2,20,22,23). The normalized spacial score (nSPS) is 22.2. The van der Waals surface area contributed by atoms with Gasteiger partial charge in [0, 0.05) is 57.1 Å². The minimum atomic E-state index is 0.00711. The summed E-state index contributed by atoms with van der Waals surface area (Å²) in [5.74, 6) is 1.66. The van der Waals surface area contributed by atoms with Crippen LogP contribution in [-0.4, -0.2) is 56.0 Å². The number of nitrogens with zero attached hydrogens (tertiary/aromatic N) is 2. The van der Waals surface area contributed by atoms with E-state index in [4.69, 9.17) is 4.74 Å². The van der Waals surface area contributed by atoms with Crippen molar-refractivity contribution in [3.05, 3.63) is 30.1 Å². The summed E-state index contributed by atoms with van der Waals surface area (Å²) in [4.78, 5) is 8.58. The Morgan fingerprint density at radius 3 is 2.84 bits per heavy atom. The zero-order chi connectivity index (χ0) is 18.1. The van der Waals surface area contributed by atoms with Crippen LogP contribution in [0.5, 0.6) is 0 Å². The number of rotatable bonds is 8. The van der Waals surface area contributed by atoms with Crippen molar-refractivity contribution in [2.24, 2.45) is 16.3 Å². The molecular formula is C19H32N4O2. The molecule has 1 aliphatic heterocycles. The topological polar surface area (TPSA) is 78.8 Å². The molecule has 0 spiro atoms. The Morgan fingerprint density at radius 1 is 1.44 bits per heavy atom. The molecule has 0 aromatic carbocycles. The van der Waals surface area contributed by atoms with Crippen LogP contribution in [0, 0.1) is 11.3 Å². The highest BCUT2D eigenvalue weighted by Gasteiger charge is 2.34. The number of nitrogens with one attached hydrogen (secondary N) is 2. The van der Waals surface area contributed by atoms with Gasteiger partial charge in [0.15, 0.2) is 5.96 Å². The number of guanidine groups is 1. The number of aliphatic imine (C=N–C) groups is 1. The molecule has 0 aliphatic carbocycles. The molecule has 25 heavy (non-hydrogen) atoms. The van der Waals surface area contributed by atoms with E-state index in [0.29, 0.717) is 18.4 Å². The predicted molar refractivity (Wildman–Crippen MR) is 101 cm³/mol. The highest BCUT2D eigenvalue weighted by Crippen LogP contribution is 2.31. The quantitative estimate of drug-likeness (QED) is 0.493. The minimum Gasteiger partial charge on any atom is -0.396 e. The molecule has 2 heterocycles. The van der Waals surface area contributed by atoms with Gasteiger partial charge in [-0.3, -0.25) is 9.98 Å². The molecular weight excluding hydrogens is 316 g/mol. The number of aliphatic hydroxyl groups excluding tert-OH is 1. The van der Waals surface area contributed by atoms with Gasteiger partial charge >= 0.3 is 0 Å². The molecule has 1 aromatic rings. The molecule has 1 fully saturated rings. The maximum Gasteiger partial charge on any atom is 0.191 e. The fourth-order valence-electron chi connectivity index (χ4n) is 3.34. The van der Waals surface area contributed by atoms with Gasteiger partial charge in [-0.1, -0.05) is 19.9 Å². The molecule has 2 unspecified atom stereocenters. The number of aromatic nitrogens is 1. The molecule has 3 N–H and O–H groups in total. The van der Waals surface area contributed by atoms with E-state index in [1.807, 2.05) is 12.3 Å². The third kappa shape index (κ3) is 5.68. The van der Waals surface area contributed by atoms with Crippen LogP contribution in [0.25, 0.3) is 0 Å². The van der Waals surface area contributed by atoms with Crippen LogP contribution in [0.1, 0.15) is 38.2 Å². The van der Waals surface area contributed by atoms with E-state index in [9.17, 15) is 5.11 Å². The summed E-state index contributed by atoms with van der Waals surface area (Å²) in [5, 5.41) is 16.2. The third-order valence-corrected chi connectivity index (χ3v) is 5.09. The Morgan fingerprint density at radius 2 is 2.28 bits per heavy atom. The van der Waals surface area contributed by atoms with E-state index in [1.54, 1.807) is 13.2 Å². The number of pyridine rings is 1. The molecule has 6 heteroatoms. The summed E-state index contributed by atoms with van der Waals surface area (Å²) in [6.07, 6.45) is 5.47. The Labute approximate surface area is 151 Å². The van der Waals surface area contributed by atoms with Gasteiger partial charge in [-0.15, -0.1) is 0 Å². The van der Waals surface area contributed by atoms with Crippen molar-refractivity contribution < 1.29 is 9.84 Å². The maximum atomic E-state index is 9.34. The lowest BCUT2D eigenvalue weighted by atomic mass is 9.84. The Kier molecular flexibility index (Phi) is 7.65.